The Balaban J connectivity index is 1.66. The lowest BCUT2D eigenvalue weighted by atomic mass is 10.1. The SMILES string of the molecule is COc1ccc(-c2ccc3c(N)c(C(=O)Nc4cccc(C)n4)sc3n2)cc1. The molecule has 0 aliphatic rings. The van der Waals surface area contributed by atoms with Gasteiger partial charge in [-0.2, -0.15) is 0 Å². The van der Waals surface area contributed by atoms with Crippen molar-refractivity contribution >= 4 is 39.0 Å². The quantitative estimate of drug-likeness (QED) is 0.535. The minimum Gasteiger partial charge on any atom is -0.497 e. The second-order valence-electron chi connectivity index (χ2n) is 6.24. The molecule has 0 saturated heterocycles. The van der Waals surface area contributed by atoms with E-state index in [-0.39, 0.29) is 5.91 Å². The maximum Gasteiger partial charge on any atom is 0.269 e. The molecule has 3 N–H and O–H groups in total. The summed E-state index contributed by atoms with van der Waals surface area (Å²) >= 11 is 1.27. The van der Waals surface area contributed by atoms with Gasteiger partial charge in [-0.1, -0.05) is 6.07 Å². The number of nitrogens with one attached hydrogen (secondary N) is 1. The Bertz CT molecular complexity index is 1170. The summed E-state index contributed by atoms with van der Waals surface area (Å²) < 4.78 is 5.19. The van der Waals surface area contributed by atoms with Gasteiger partial charge >= 0.3 is 0 Å². The summed E-state index contributed by atoms with van der Waals surface area (Å²) in [6.07, 6.45) is 0. The lowest BCUT2D eigenvalue weighted by Gasteiger charge is -2.04. The first-order chi connectivity index (χ1) is 13.5. The van der Waals surface area contributed by atoms with Crippen molar-refractivity contribution in [2.24, 2.45) is 0 Å². The molecule has 1 aromatic carbocycles. The molecule has 0 atom stereocenters. The number of carbonyl (C=O) groups excluding carboxylic acids is 1. The molecular weight excluding hydrogens is 372 g/mol. The molecule has 4 aromatic rings. The number of fused-ring (bicyclic) bond motifs is 1. The summed E-state index contributed by atoms with van der Waals surface area (Å²) in [6.45, 7) is 1.87. The zero-order valence-corrected chi connectivity index (χ0v) is 16.2. The standard InChI is InChI=1S/C21H18N4O2S/c1-12-4-3-5-17(23-12)25-20(26)19-18(22)15-10-11-16(24-21(15)28-19)13-6-8-14(27-2)9-7-13/h3-11H,22H2,1-2H3,(H,23,25,26). The number of pyridine rings is 2. The van der Waals surface area contributed by atoms with Gasteiger partial charge in [0.1, 0.15) is 21.3 Å². The van der Waals surface area contributed by atoms with E-state index in [0.29, 0.717) is 21.2 Å². The van der Waals surface area contributed by atoms with Crippen LogP contribution in [0.2, 0.25) is 0 Å². The van der Waals surface area contributed by atoms with Crippen LogP contribution in [0.25, 0.3) is 21.5 Å². The number of thiophene rings is 1. The Morgan fingerprint density at radius 3 is 2.57 bits per heavy atom. The van der Waals surface area contributed by atoms with Crippen molar-refractivity contribution in [1.29, 1.82) is 0 Å². The van der Waals surface area contributed by atoms with Crippen LogP contribution in [0, 0.1) is 6.92 Å². The highest BCUT2D eigenvalue weighted by atomic mass is 32.1. The van der Waals surface area contributed by atoms with Gasteiger partial charge in [-0.15, -0.1) is 11.3 Å². The van der Waals surface area contributed by atoms with Crippen molar-refractivity contribution in [1.82, 2.24) is 9.97 Å². The topological polar surface area (TPSA) is 90.1 Å². The summed E-state index contributed by atoms with van der Waals surface area (Å²) in [6, 6.07) is 16.9. The fourth-order valence-corrected chi connectivity index (χ4v) is 3.86. The van der Waals surface area contributed by atoms with Crippen LogP contribution in [0.3, 0.4) is 0 Å². The molecule has 1 amide bonds. The minimum absolute atomic E-state index is 0.287. The predicted octanol–water partition coefficient (Wildman–Crippen LogP) is 4.51. The van der Waals surface area contributed by atoms with Crippen LogP contribution in [0.15, 0.2) is 54.6 Å². The van der Waals surface area contributed by atoms with Crippen LogP contribution in [0.1, 0.15) is 15.4 Å². The second-order valence-corrected chi connectivity index (χ2v) is 7.24. The molecule has 140 valence electrons. The number of amides is 1. The molecule has 6 nitrogen and oxygen atoms in total. The Kier molecular flexibility index (Phi) is 4.67. The molecule has 4 rings (SSSR count). The van der Waals surface area contributed by atoms with Gasteiger partial charge in [0, 0.05) is 16.6 Å². The van der Waals surface area contributed by atoms with Crippen molar-refractivity contribution in [2.45, 2.75) is 6.92 Å². The third kappa shape index (κ3) is 3.39. The number of aryl methyl sites for hydroxylation is 1. The zero-order valence-electron chi connectivity index (χ0n) is 15.4. The zero-order chi connectivity index (χ0) is 19.7. The Labute approximate surface area is 166 Å². The van der Waals surface area contributed by atoms with Crippen molar-refractivity contribution in [3.8, 4) is 17.0 Å². The number of hydrogen-bond donors (Lipinski definition) is 2. The molecule has 0 spiro atoms. The highest BCUT2D eigenvalue weighted by Gasteiger charge is 2.18. The smallest absolute Gasteiger partial charge is 0.269 e. The van der Waals surface area contributed by atoms with E-state index in [1.165, 1.54) is 11.3 Å². The number of carbonyl (C=O) groups is 1. The number of methoxy groups -OCH3 is 1. The molecule has 7 heteroatoms. The Morgan fingerprint density at radius 1 is 1.07 bits per heavy atom. The average molecular weight is 390 g/mol. The largest absolute Gasteiger partial charge is 0.497 e. The molecule has 28 heavy (non-hydrogen) atoms. The Morgan fingerprint density at radius 2 is 1.86 bits per heavy atom. The number of nitrogens with two attached hydrogens (primary N) is 1. The molecule has 0 saturated carbocycles. The van der Waals surface area contributed by atoms with Gasteiger partial charge in [-0.25, -0.2) is 9.97 Å². The first kappa shape index (κ1) is 17.9. The predicted molar refractivity (Wildman–Crippen MR) is 113 cm³/mol. The molecule has 0 unspecified atom stereocenters. The van der Waals surface area contributed by atoms with E-state index in [1.54, 1.807) is 13.2 Å². The van der Waals surface area contributed by atoms with Gasteiger partial charge in [0.25, 0.3) is 5.91 Å². The van der Waals surface area contributed by atoms with E-state index in [4.69, 9.17) is 10.5 Å². The number of rotatable bonds is 4. The van der Waals surface area contributed by atoms with Gasteiger partial charge in [0.15, 0.2) is 0 Å². The number of ether oxygens (including phenoxy) is 1. The summed E-state index contributed by atoms with van der Waals surface area (Å²) in [7, 11) is 1.63. The van der Waals surface area contributed by atoms with Gasteiger partial charge in [0.2, 0.25) is 0 Å². The van der Waals surface area contributed by atoms with Crippen molar-refractivity contribution in [3.63, 3.8) is 0 Å². The number of benzene rings is 1. The van der Waals surface area contributed by atoms with E-state index in [1.807, 2.05) is 55.5 Å². The highest BCUT2D eigenvalue weighted by Crippen LogP contribution is 2.34. The molecule has 0 fully saturated rings. The molecule has 0 radical (unpaired) electrons. The number of hydrogen-bond acceptors (Lipinski definition) is 6. The van der Waals surface area contributed by atoms with E-state index in [2.05, 4.69) is 15.3 Å². The molecule has 3 heterocycles. The monoisotopic (exact) mass is 390 g/mol. The van der Waals surface area contributed by atoms with Crippen LogP contribution in [-0.4, -0.2) is 23.0 Å². The molecular formula is C21H18N4O2S. The van der Waals surface area contributed by atoms with Crippen molar-refractivity contribution in [3.05, 3.63) is 65.2 Å². The second kappa shape index (κ2) is 7.28. The summed E-state index contributed by atoms with van der Waals surface area (Å²) in [5.41, 5.74) is 9.25. The summed E-state index contributed by atoms with van der Waals surface area (Å²) in [5, 5.41) is 3.57. The van der Waals surface area contributed by atoms with Gasteiger partial charge in [-0.05, 0) is 55.5 Å². The van der Waals surface area contributed by atoms with E-state index in [0.717, 1.165) is 28.1 Å². The number of nitrogens with zero attached hydrogens (tertiary/aromatic N) is 2. The van der Waals surface area contributed by atoms with E-state index >= 15 is 0 Å². The van der Waals surface area contributed by atoms with Crippen LogP contribution in [0.5, 0.6) is 5.75 Å². The van der Waals surface area contributed by atoms with Crippen LogP contribution < -0.4 is 15.8 Å². The molecule has 0 aliphatic carbocycles. The third-order valence-corrected chi connectivity index (χ3v) is 5.43. The van der Waals surface area contributed by atoms with Gasteiger partial charge in [0.05, 0.1) is 18.5 Å². The number of nitrogen functional groups attached to an aromatic ring is 1. The van der Waals surface area contributed by atoms with E-state index < -0.39 is 0 Å². The summed E-state index contributed by atoms with van der Waals surface area (Å²) in [5.74, 6) is 0.993. The van der Waals surface area contributed by atoms with Crippen molar-refractivity contribution in [2.75, 3.05) is 18.2 Å². The van der Waals surface area contributed by atoms with Crippen LogP contribution >= 0.6 is 11.3 Å². The number of aromatic nitrogens is 2. The third-order valence-electron chi connectivity index (χ3n) is 4.32. The first-order valence-corrected chi connectivity index (χ1v) is 9.45. The molecule has 3 aromatic heterocycles. The minimum atomic E-state index is -0.287. The molecule has 0 bridgehead atoms. The lowest BCUT2D eigenvalue weighted by molar-refractivity contribution is 0.103. The lowest BCUT2D eigenvalue weighted by Crippen LogP contribution is -2.13. The normalized spacial score (nSPS) is 10.8. The van der Waals surface area contributed by atoms with Gasteiger partial charge in [-0.3, -0.25) is 4.79 Å². The maximum atomic E-state index is 12.7. The highest BCUT2D eigenvalue weighted by molar-refractivity contribution is 7.21. The fourth-order valence-electron chi connectivity index (χ4n) is 2.87. The fraction of sp³-hybridized carbons (Fsp3) is 0.0952. The maximum absolute atomic E-state index is 12.7. The van der Waals surface area contributed by atoms with Crippen LogP contribution in [-0.2, 0) is 0 Å². The average Bonchev–Trinajstić information content (AvgIpc) is 3.04. The van der Waals surface area contributed by atoms with Crippen molar-refractivity contribution < 1.29 is 9.53 Å². The first-order valence-electron chi connectivity index (χ1n) is 8.63. The van der Waals surface area contributed by atoms with Gasteiger partial charge < -0.3 is 15.8 Å². The van der Waals surface area contributed by atoms with E-state index in [9.17, 15) is 4.79 Å². The molecule has 0 aliphatic heterocycles. The number of anilines is 2. The Hall–Kier alpha value is -3.45. The van der Waals surface area contributed by atoms with Crippen LogP contribution in [0.4, 0.5) is 11.5 Å². The summed E-state index contributed by atoms with van der Waals surface area (Å²) in [4.78, 5) is 22.8.